The molecule has 1 aliphatic rings. The Kier molecular flexibility index (Phi) is 3.60. The van der Waals surface area contributed by atoms with Crippen LogP contribution in [0.15, 0.2) is 12.1 Å². The standard InChI is InChI=1S/C13H17ClN2O3/c1-13(19)3-2-4-16(7-13)11-9(12(17)18)5-8(15)6-10(11)14/h5-6,19H,2-4,7,15H2,1H3,(H,17,18). The van der Waals surface area contributed by atoms with Crippen LogP contribution in [0.25, 0.3) is 0 Å². The normalized spacial score (nSPS) is 23.4. The average molecular weight is 285 g/mol. The van der Waals surface area contributed by atoms with Gasteiger partial charge >= 0.3 is 5.97 Å². The van der Waals surface area contributed by atoms with Gasteiger partial charge in [0.25, 0.3) is 0 Å². The van der Waals surface area contributed by atoms with E-state index in [9.17, 15) is 15.0 Å². The zero-order valence-corrected chi connectivity index (χ0v) is 11.4. The van der Waals surface area contributed by atoms with E-state index in [2.05, 4.69) is 0 Å². The number of carboxylic acid groups (broad SMARTS) is 1. The highest BCUT2D eigenvalue weighted by molar-refractivity contribution is 6.34. The van der Waals surface area contributed by atoms with E-state index in [0.717, 1.165) is 6.42 Å². The minimum atomic E-state index is -1.07. The summed E-state index contributed by atoms with van der Waals surface area (Å²) in [5.74, 6) is -1.07. The molecule has 0 spiro atoms. The zero-order valence-electron chi connectivity index (χ0n) is 10.7. The molecule has 1 aliphatic heterocycles. The maximum absolute atomic E-state index is 11.3. The second-order valence-corrected chi connectivity index (χ2v) is 5.63. The van der Waals surface area contributed by atoms with Gasteiger partial charge in [-0.05, 0) is 31.9 Å². The van der Waals surface area contributed by atoms with Crippen molar-refractivity contribution in [2.24, 2.45) is 0 Å². The molecule has 0 radical (unpaired) electrons. The summed E-state index contributed by atoms with van der Waals surface area (Å²) >= 11 is 6.14. The van der Waals surface area contributed by atoms with Crippen molar-refractivity contribution in [2.45, 2.75) is 25.4 Å². The number of nitrogen functional groups attached to an aromatic ring is 1. The number of benzene rings is 1. The fourth-order valence-corrected chi connectivity index (χ4v) is 2.86. The Bertz CT molecular complexity index is 517. The first kappa shape index (κ1) is 14.0. The number of carbonyl (C=O) groups is 1. The van der Waals surface area contributed by atoms with Crippen LogP contribution in [0.3, 0.4) is 0 Å². The van der Waals surface area contributed by atoms with Gasteiger partial charge in [-0.25, -0.2) is 4.79 Å². The molecule has 4 N–H and O–H groups in total. The van der Waals surface area contributed by atoms with Gasteiger partial charge in [-0.15, -0.1) is 0 Å². The van der Waals surface area contributed by atoms with Crippen molar-refractivity contribution >= 4 is 28.9 Å². The van der Waals surface area contributed by atoms with Crippen molar-refractivity contribution < 1.29 is 15.0 Å². The maximum atomic E-state index is 11.3. The largest absolute Gasteiger partial charge is 0.478 e. The van der Waals surface area contributed by atoms with Crippen LogP contribution in [0.1, 0.15) is 30.1 Å². The molecule has 0 saturated carbocycles. The summed E-state index contributed by atoms with van der Waals surface area (Å²) in [6.45, 7) is 2.77. The number of nitrogens with two attached hydrogens (primary N) is 1. The molecule has 2 rings (SSSR count). The predicted molar refractivity (Wildman–Crippen MR) is 74.9 cm³/mol. The summed E-state index contributed by atoms with van der Waals surface area (Å²) in [4.78, 5) is 13.1. The number of piperidine rings is 1. The molecular weight excluding hydrogens is 268 g/mol. The van der Waals surface area contributed by atoms with Gasteiger partial charge in [0, 0.05) is 18.8 Å². The van der Waals surface area contributed by atoms with Gasteiger partial charge in [0.1, 0.15) is 0 Å². The molecule has 1 atom stereocenters. The van der Waals surface area contributed by atoms with Crippen LogP contribution in [0, 0.1) is 0 Å². The van der Waals surface area contributed by atoms with E-state index in [1.54, 1.807) is 6.92 Å². The lowest BCUT2D eigenvalue weighted by molar-refractivity contribution is 0.0446. The Morgan fingerprint density at radius 1 is 1.53 bits per heavy atom. The summed E-state index contributed by atoms with van der Waals surface area (Å²) in [5.41, 5.74) is 5.62. The first-order chi connectivity index (χ1) is 8.80. The Morgan fingerprint density at radius 3 is 2.79 bits per heavy atom. The molecule has 1 heterocycles. The fraction of sp³-hybridized carbons (Fsp3) is 0.462. The summed E-state index contributed by atoms with van der Waals surface area (Å²) in [6.07, 6.45) is 1.48. The van der Waals surface area contributed by atoms with Crippen LogP contribution < -0.4 is 10.6 Å². The van der Waals surface area contributed by atoms with E-state index in [1.165, 1.54) is 12.1 Å². The highest BCUT2D eigenvalue weighted by Crippen LogP contribution is 2.35. The van der Waals surface area contributed by atoms with E-state index < -0.39 is 11.6 Å². The lowest BCUT2D eigenvalue weighted by atomic mass is 9.94. The van der Waals surface area contributed by atoms with Crippen molar-refractivity contribution in [2.75, 3.05) is 23.7 Å². The Morgan fingerprint density at radius 2 is 2.21 bits per heavy atom. The van der Waals surface area contributed by atoms with Crippen LogP contribution in [0.2, 0.25) is 5.02 Å². The van der Waals surface area contributed by atoms with Gasteiger partial charge in [-0.2, -0.15) is 0 Å². The first-order valence-corrected chi connectivity index (χ1v) is 6.47. The Balaban J connectivity index is 2.46. The molecule has 1 aromatic carbocycles. The number of β-amino-alcohol motifs (C(OH)–C–C–N with tert-alkyl or cyclic N) is 1. The van der Waals surface area contributed by atoms with Gasteiger partial charge in [-0.3, -0.25) is 0 Å². The Labute approximate surface area is 116 Å². The number of nitrogens with zero attached hydrogens (tertiary/aromatic N) is 1. The molecule has 6 heteroatoms. The third-order valence-electron chi connectivity index (χ3n) is 3.31. The number of anilines is 2. The first-order valence-electron chi connectivity index (χ1n) is 6.10. The molecule has 1 aromatic rings. The summed E-state index contributed by atoms with van der Waals surface area (Å²) in [7, 11) is 0. The summed E-state index contributed by atoms with van der Waals surface area (Å²) in [6, 6.07) is 2.93. The lowest BCUT2D eigenvalue weighted by Gasteiger charge is -2.39. The van der Waals surface area contributed by atoms with E-state index in [1.807, 2.05) is 4.90 Å². The number of hydrogen-bond acceptors (Lipinski definition) is 4. The zero-order chi connectivity index (χ0) is 14.2. The van der Waals surface area contributed by atoms with Crippen LogP contribution >= 0.6 is 11.6 Å². The number of aromatic carboxylic acids is 1. The molecule has 0 aromatic heterocycles. The molecular formula is C13H17ClN2O3. The lowest BCUT2D eigenvalue weighted by Crippen LogP contribution is -2.46. The smallest absolute Gasteiger partial charge is 0.337 e. The van der Waals surface area contributed by atoms with Gasteiger partial charge in [0.15, 0.2) is 0 Å². The van der Waals surface area contributed by atoms with Gasteiger partial charge in [0.05, 0.1) is 21.9 Å². The highest BCUT2D eigenvalue weighted by Gasteiger charge is 2.31. The monoisotopic (exact) mass is 284 g/mol. The molecule has 0 amide bonds. The molecule has 1 unspecified atom stereocenters. The van der Waals surface area contributed by atoms with Crippen molar-refractivity contribution in [1.29, 1.82) is 0 Å². The molecule has 1 saturated heterocycles. The molecule has 0 bridgehead atoms. The van der Waals surface area contributed by atoms with Crippen molar-refractivity contribution in [1.82, 2.24) is 0 Å². The van der Waals surface area contributed by atoms with Crippen molar-refractivity contribution in [3.63, 3.8) is 0 Å². The number of aliphatic hydroxyl groups is 1. The van der Waals surface area contributed by atoms with E-state index in [0.29, 0.717) is 35.9 Å². The maximum Gasteiger partial charge on any atom is 0.337 e. The summed E-state index contributed by atoms with van der Waals surface area (Å²) in [5, 5.41) is 19.7. The fourth-order valence-electron chi connectivity index (χ4n) is 2.52. The van der Waals surface area contributed by atoms with Gasteiger partial charge in [0.2, 0.25) is 0 Å². The molecule has 0 aliphatic carbocycles. The predicted octanol–water partition coefficient (Wildman–Crippen LogP) is 1.97. The van der Waals surface area contributed by atoms with Crippen LogP contribution in [-0.2, 0) is 0 Å². The van der Waals surface area contributed by atoms with Crippen LogP contribution in [0.4, 0.5) is 11.4 Å². The molecule has 1 fully saturated rings. The summed E-state index contributed by atoms with van der Waals surface area (Å²) < 4.78 is 0. The minimum absolute atomic E-state index is 0.0719. The average Bonchev–Trinajstić information content (AvgIpc) is 2.26. The van der Waals surface area contributed by atoms with Gasteiger partial charge < -0.3 is 20.8 Å². The topological polar surface area (TPSA) is 86.8 Å². The van der Waals surface area contributed by atoms with E-state index in [-0.39, 0.29) is 5.56 Å². The molecule has 19 heavy (non-hydrogen) atoms. The second-order valence-electron chi connectivity index (χ2n) is 5.23. The number of hydrogen-bond donors (Lipinski definition) is 3. The Hall–Kier alpha value is -1.46. The second kappa shape index (κ2) is 4.90. The van der Waals surface area contributed by atoms with Gasteiger partial charge in [-0.1, -0.05) is 11.6 Å². The number of halogens is 1. The highest BCUT2D eigenvalue weighted by atomic mass is 35.5. The van der Waals surface area contributed by atoms with Crippen LogP contribution in [-0.4, -0.2) is 34.9 Å². The molecule has 104 valence electrons. The van der Waals surface area contributed by atoms with Crippen LogP contribution in [0.5, 0.6) is 0 Å². The number of carboxylic acids is 1. The van der Waals surface area contributed by atoms with Crippen molar-refractivity contribution in [3.8, 4) is 0 Å². The van der Waals surface area contributed by atoms with Crippen molar-refractivity contribution in [3.05, 3.63) is 22.7 Å². The van der Waals surface area contributed by atoms with E-state index in [4.69, 9.17) is 17.3 Å². The third kappa shape index (κ3) is 2.93. The number of rotatable bonds is 2. The third-order valence-corrected chi connectivity index (χ3v) is 3.60. The van der Waals surface area contributed by atoms with E-state index >= 15 is 0 Å². The SMILES string of the molecule is CC1(O)CCCN(c2c(Cl)cc(N)cc2C(=O)O)C1. The minimum Gasteiger partial charge on any atom is -0.478 e. The molecule has 5 nitrogen and oxygen atoms in total. The quantitative estimate of drug-likeness (QED) is 0.723.